The smallest absolute Gasteiger partial charge is 0.348 e. The Morgan fingerprint density at radius 2 is 1.11 bits per heavy atom. The maximum atomic E-state index is 11.1. The van der Waals surface area contributed by atoms with Crippen LogP contribution in [0.4, 0.5) is 0 Å². The SMILES string of the molecule is CC(C)O[Si](OC(C)C)(OC(C)C)OP(=O)(O)O. The highest BCUT2D eigenvalue weighted by Crippen LogP contribution is 2.41. The Morgan fingerprint density at radius 3 is 1.28 bits per heavy atom. The lowest BCUT2D eigenvalue weighted by molar-refractivity contribution is -0.0516. The van der Waals surface area contributed by atoms with Crippen LogP contribution in [-0.2, 0) is 22.1 Å². The summed E-state index contributed by atoms with van der Waals surface area (Å²) >= 11 is 0. The van der Waals surface area contributed by atoms with Crippen LogP contribution in [0.15, 0.2) is 0 Å². The minimum Gasteiger partial charge on any atom is -0.348 e. The fourth-order valence-corrected chi connectivity index (χ4v) is 4.74. The van der Waals surface area contributed by atoms with Crippen molar-refractivity contribution in [2.24, 2.45) is 0 Å². The zero-order valence-electron chi connectivity index (χ0n) is 11.6. The van der Waals surface area contributed by atoms with Gasteiger partial charge in [0.15, 0.2) is 0 Å². The van der Waals surface area contributed by atoms with E-state index in [9.17, 15) is 4.57 Å². The van der Waals surface area contributed by atoms with E-state index in [2.05, 4.69) is 0 Å². The van der Waals surface area contributed by atoms with Crippen molar-refractivity contribution in [3.63, 3.8) is 0 Å². The molecule has 0 saturated heterocycles. The topological polar surface area (TPSA) is 94.5 Å². The number of rotatable bonds is 8. The van der Waals surface area contributed by atoms with Gasteiger partial charge in [0.2, 0.25) is 0 Å². The van der Waals surface area contributed by atoms with Crippen molar-refractivity contribution in [1.29, 1.82) is 0 Å². The molecule has 0 heterocycles. The third kappa shape index (κ3) is 8.33. The summed E-state index contributed by atoms with van der Waals surface area (Å²) in [7, 11) is -8.65. The molecule has 0 bridgehead atoms. The first kappa shape index (κ1) is 18.2. The monoisotopic (exact) mass is 302 g/mol. The van der Waals surface area contributed by atoms with E-state index in [0.29, 0.717) is 0 Å². The first-order valence-electron chi connectivity index (χ1n) is 5.75. The van der Waals surface area contributed by atoms with Crippen LogP contribution in [0.2, 0.25) is 0 Å². The zero-order chi connectivity index (χ0) is 14.6. The molecule has 0 fully saturated rings. The van der Waals surface area contributed by atoms with E-state index >= 15 is 0 Å². The van der Waals surface area contributed by atoms with E-state index in [1.165, 1.54) is 0 Å². The molecule has 0 rings (SSSR count). The van der Waals surface area contributed by atoms with Crippen molar-refractivity contribution in [3.05, 3.63) is 0 Å². The molecule has 0 aliphatic carbocycles. The number of hydrogen-bond acceptors (Lipinski definition) is 5. The lowest BCUT2D eigenvalue weighted by Crippen LogP contribution is -2.52. The van der Waals surface area contributed by atoms with Crippen LogP contribution in [0.5, 0.6) is 0 Å². The van der Waals surface area contributed by atoms with Gasteiger partial charge in [0.05, 0.1) is 0 Å². The second-order valence-corrected chi connectivity index (χ2v) is 8.00. The third-order valence-corrected chi connectivity index (χ3v) is 5.50. The van der Waals surface area contributed by atoms with Crippen molar-refractivity contribution in [1.82, 2.24) is 0 Å². The van der Waals surface area contributed by atoms with Gasteiger partial charge < -0.3 is 23.1 Å². The van der Waals surface area contributed by atoms with E-state index in [1.807, 2.05) is 0 Å². The van der Waals surface area contributed by atoms with Crippen molar-refractivity contribution < 1.29 is 31.8 Å². The minimum absolute atomic E-state index is 0.347. The average molecular weight is 302 g/mol. The summed E-state index contributed by atoms with van der Waals surface area (Å²) in [5, 5.41) is 0. The molecule has 0 aliphatic rings. The standard InChI is InChI=1S/C9H23O7PSi/c1-7(2)13-18(14-8(3)4,15-9(5)6)16-17(10,11)12/h7-9H,1-6H3,(H2,10,11,12). The summed E-state index contributed by atoms with van der Waals surface area (Å²) in [6.45, 7) is 10.2. The number of hydrogen-bond donors (Lipinski definition) is 2. The minimum atomic E-state index is -4.77. The van der Waals surface area contributed by atoms with E-state index in [0.717, 1.165) is 0 Å². The Hall–Kier alpha value is 0.207. The molecule has 0 radical (unpaired) electrons. The maximum Gasteiger partial charge on any atom is 0.689 e. The lowest BCUT2D eigenvalue weighted by atomic mass is 10.5. The molecule has 0 aromatic rings. The van der Waals surface area contributed by atoms with Crippen LogP contribution in [-0.4, -0.2) is 37.1 Å². The molecular weight excluding hydrogens is 279 g/mol. The predicted molar refractivity (Wildman–Crippen MR) is 67.5 cm³/mol. The van der Waals surface area contributed by atoms with Gasteiger partial charge in [-0.3, -0.25) is 4.21 Å². The molecule has 9 heteroatoms. The summed E-state index contributed by atoms with van der Waals surface area (Å²) in [5.41, 5.74) is 0. The first-order chi connectivity index (χ1) is 7.96. The van der Waals surface area contributed by atoms with Crippen LogP contribution in [0.1, 0.15) is 41.5 Å². The van der Waals surface area contributed by atoms with Gasteiger partial charge >= 0.3 is 16.9 Å². The van der Waals surface area contributed by atoms with Crippen molar-refractivity contribution in [2.45, 2.75) is 59.9 Å². The summed E-state index contributed by atoms with van der Waals surface area (Å²) in [6, 6.07) is 0. The molecule has 0 spiro atoms. The van der Waals surface area contributed by atoms with E-state index in [4.69, 9.17) is 27.3 Å². The Kier molecular flexibility index (Phi) is 7.19. The Labute approximate surface area is 109 Å². The van der Waals surface area contributed by atoms with Gasteiger partial charge in [0.1, 0.15) is 0 Å². The Bertz CT molecular complexity index is 262. The van der Waals surface area contributed by atoms with Gasteiger partial charge in [-0.25, -0.2) is 4.57 Å². The first-order valence-corrected chi connectivity index (χ1v) is 8.92. The van der Waals surface area contributed by atoms with Crippen LogP contribution in [0, 0.1) is 0 Å². The molecule has 2 N–H and O–H groups in total. The largest absolute Gasteiger partial charge is 0.689 e. The van der Waals surface area contributed by atoms with Gasteiger partial charge in [-0.1, -0.05) is 0 Å². The van der Waals surface area contributed by atoms with Crippen LogP contribution >= 0.6 is 7.82 Å². The lowest BCUT2D eigenvalue weighted by Gasteiger charge is -2.32. The molecule has 110 valence electrons. The molecule has 0 aliphatic heterocycles. The van der Waals surface area contributed by atoms with Crippen LogP contribution < -0.4 is 0 Å². The molecule has 0 atom stereocenters. The van der Waals surface area contributed by atoms with Gasteiger partial charge in [0.25, 0.3) is 0 Å². The highest BCUT2D eigenvalue weighted by atomic mass is 31.2. The fourth-order valence-electron chi connectivity index (χ4n) is 1.16. The van der Waals surface area contributed by atoms with Gasteiger partial charge in [0, 0.05) is 18.3 Å². The summed E-state index contributed by atoms with van der Waals surface area (Å²) in [6.07, 6.45) is -1.04. The quantitative estimate of drug-likeness (QED) is 0.521. The second kappa shape index (κ2) is 7.11. The summed E-state index contributed by atoms with van der Waals surface area (Å²) < 4.78 is 32.0. The number of phosphoric acid groups is 1. The fraction of sp³-hybridized carbons (Fsp3) is 1.00. The molecular formula is C9H23O7PSi. The highest BCUT2D eigenvalue weighted by molar-refractivity contribution is 7.47. The zero-order valence-corrected chi connectivity index (χ0v) is 13.5. The third-order valence-electron chi connectivity index (χ3n) is 1.37. The molecule has 0 aromatic heterocycles. The van der Waals surface area contributed by atoms with Gasteiger partial charge in [-0.15, -0.1) is 0 Å². The summed E-state index contributed by atoms with van der Waals surface area (Å²) in [4.78, 5) is 18.0. The van der Waals surface area contributed by atoms with Crippen molar-refractivity contribution >= 4 is 16.9 Å². The molecule has 0 amide bonds. The molecule has 0 aromatic carbocycles. The Morgan fingerprint density at radius 1 is 0.833 bits per heavy atom. The molecule has 0 unspecified atom stereocenters. The van der Waals surface area contributed by atoms with Crippen molar-refractivity contribution in [2.75, 3.05) is 0 Å². The molecule has 7 nitrogen and oxygen atoms in total. The molecule has 18 heavy (non-hydrogen) atoms. The van der Waals surface area contributed by atoms with Gasteiger partial charge in [-0.2, -0.15) is 0 Å². The maximum absolute atomic E-state index is 11.1. The van der Waals surface area contributed by atoms with Gasteiger partial charge in [-0.05, 0) is 41.5 Å². The van der Waals surface area contributed by atoms with E-state index in [1.54, 1.807) is 41.5 Å². The normalized spacial score (nSPS) is 13.9. The predicted octanol–water partition coefficient (Wildman–Crippen LogP) is 1.81. The molecule has 0 saturated carbocycles. The summed E-state index contributed by atoms with van der Waals surface area (Å²) in [5.74, 6) is 0. The highest BCUT2D eigenvalue weighted by Gasteiger charge is 2.53. The Balaban J connectivity index is 5.17. The van der Waals surface area contributed by atoms with E-state index < -0.39 is 16.9 Å². The average Bonchev–Trinajstić information content (AvgIpc) is 1.92. The van der Waals surface area contributed by atoms with Crippen molar-refractivity contribution in [3.8, 4) is 0 Å². The van der Waals surface area contributed by atoms with Crippen LogP contribution in [0.3, 0.4) is 0 Å². The van der Waals surface area contributed by atoms with Crippen LogP contribution in [0.25, 0.3) is 0 Å². The second-order valence-electron chi connectivity index (χ2n) is 4.58. The van der Waals surface area contributed by atoms with E-state index in [-0.39, 0.29) is 18.3 Å².